The number of piperidine rings is 1. The van der Waals surface area contributed by atoms with E-state index >= 15 is 0 Å². The number of carbonyl (C=O) groups is 2. The number of hydrogen-bond donors (Lipinski definition) is 1. The van der Waals surface area contributed by atoms with Crippen molar-refractivity contribution in [3.05, 3.63) is 58.6 Å². The van der Waals surface area contributed by atoms with Crippen LogP contribution in [-0.2, 0) is 22.7 Å². The molecular weight excluding hydrogens is 406 g/mol. The number of rotatable bonds is 6. The van der Waals surface area contributed by atoms with Crippen LogP contribution in [0.1, 0.15) is 31.9 Å². The third-order valence-electron chi connectivity index (χ3n) is 6.08. The molecule has 0 aliphatic carbocycles. The number of fused-ring (bicyclic) bond motifs is 1. The SMILES string of the molecule is CCn1c(=O)n(CCC(=O)N2CCCC(C(=O)Nc3cccc(C)n3)C2)c2ccccc21. The molecule has 1 aromatic carbocycles. The number of benzene rings is 1. The fraction of sp³-hybridized carbons (Fsp3) is 0.417. The van der Waals surface area contributed by atoms with Crippen molar-refractivity contribution in [1.82, 2.24) is 19.0 Å². The van der Waals surface area contributed by atoms with Gasteiger partial charge < -0.3 is 10.2 Å². The van der Waals surface area contributed by atoms with Gasteiger partial charge in [0.15, 0.2) is 0 Å². The number of imidazole rings is 1. The molecule has 0 spiro atoms. The Morgan fingerprint density at radius 3 is 2.56 bits per heavy atom. The Morgan fingerprint density at radius 2 is 1.84 bits per heavy atom. The van der Waals surface area contributed by atoms with Gasteiger partial charge in [-0.15, -0.1) is 0 Å². The number of likely N-dealkylation sites (tertiary alicyclic amines) is 1. The molecule has 1 aliphatic rings. The quantitative estimate of drug-likeness (QED) is 0.645. The fourth-order valence-corrected chi connectivity index (χ4v) is 4.42. The van der Waals surface area contributed by atoms with Gasteiger partial charge in [-0.05, 0) is 51.0 Å². The van der Waals surface area contributed by atoms with Crippen LogP contribution >= 0.6 is 0 Å². The lowest BCUT2D eigenvalue weighted by molar-refractivity contribution is -0.134. The van der Waals surface area contributed by atoms with E-state index < -0.39 is 0 Å². The number of nitrogens with one attached hydrogen (secondary N) is 1. The van der Waals surface area contributed by atoms with Gasteiger partial charge in [0.05, 0.1) is 17.0 Å². The zero-order valence-corrected chi connectivity index (χ0v) is 18.6. The van der Waals surface area contributed by atoms with E-state index in [0.29, 0.717) is 32.0 Å². The van der Waals surface area contributed by atoms with E-state index in [9.17, 15) is 14.4 Å². The summed E-state index contributed by atoms with van der Waals surface area (Å²) in [6, 6.07) is 13.1. The molecule has 0 bridgehead atoms. The fourth-order valence-electron chi connectivity index (χ4n) is 4.42. The molecule has 32 heavy (non-hydrogen) atoms. The van der Waals surface area contributed by atoms with E-state index in [1.165, 1.54) is 0 Å². The van der Waals surface area contributed by atoms with Crippen molar-refractivity contribution in [2.24, 2.45) is 5.92 Å². The molecule has 1 aliphatic heterocycles. The first-order valence-electron chi connectivity index (χ1n) is 11.2. The average molecular weight is 436 g/mol. The molecule has 1 fully saturated rings. The van der Waals surface area contributed by atoms with Crippen LogP contribution in [-0.4, -0.2) is 43.9 Å². The van der Waals surface area contributed by atoms with Gasteiger partial charge in [0.1, 0.15) is 5.82 Å². The van der Waals surface area contributed by atoms with E-state index in [0.717, 1.165) is 29.6 Å². The van der Waals surface area contributed by atoms with Crippen LogP contribution < -0.4 is 11.0 Å². The second-order valence-electron chi connectivity index (χ2n) is 8.25. The highest BCUT2D eigenvalue weighted by atomic mass is 16.2. The number of aromatic nitrogens is 3. The molecule has 1 atom stereocenters. The summed E-state index contributed by atoms with van der Waals surface area (Å²) in [7, 11) is 0. The largest absolute Gasteiger partial charge is 0.342 e. The van der Waals surface area contributed by atoms with Gasteiger partial charge in [0.25, 0.3) is 0 Å². The first-order chi connectivity index (χ1) is 15.5. The van der Waals surface area contributed by atoms with Gasteiger partial charge in [0.2, 0.25) is 11.8 Å². The summed E-state index contributed by atoms with van der Waals surface area (Å²) < 4.78 is 3.40. The third kappa shape index (κ3) is 4.44. The first kappa shape index (κ1) is 21.8. The molecule has 8 nitrogen and oxygen atoms in total. The number of amides is 2. The topological polar surface area (TPSA) is 89.2 Å². The van der Waals surface area contributed by atoms with Crippen LogP contribution in [0.5, 0.6) is 0 Å². The predicted molar refractivity (Wildman–Crippen MR) is 123 cm³/mol. The van der Waals surface area contributed by atoms with Crippen LogP contribution in [0.3, 0.4) is 0 Å². The minimum absolute atomic E-state index is 0.0311. The Balaban J connectivity index is 1.40. The van der Waals surface area contributed by atoms with Crippen molar-refractivity contribution in [3.8, 4) is 0 Å². The van der Waals surface area contributed by atoms with E-state index in [4.69, 9.17) is 0 Å². The molecule has 0 radical (unpaired) electrons. The summed E-state index contributed by atoms with van der Waals surface area (Å²) >= 11 is 0. The van der Waals surface area contributed by atoms with Gasteiger partial charge in [-0.3, -0.25) is 18.7 Å². The molecule has 0 saturated carbocycles. The maximum atomic E-state index is 12.9. The average Bonchev–Trinajstić information content (AvgIpc) is 3.08. The van der Waals surface area contributed by atoms with E-state index in [1.807, 2.05) is 50.2 Å². The monoisotopic (exact) mass is 435 g/mol. The molecule has 8 heteroatoms. The predicted octanol–water partition coefficient (Wildman–Crippen LogP) is 2.79. The van der Waals surface area contributed by atoms with E-state index in [2.05, 4.69) is 10.3 Å². The summed E-state index contributed by atoms with van der Waals surface area (Å²) in [5, 5.41) is 2.87. The smallest absolute Gasteiger partial charge is 0.329 e. The number of nitrogens with zero attached hydrogens (tertiary/aromatic N) is 4. The summed E-state index contributed by atoms with van der Waals surface area (Å²) in [5.41, 5.74) is 2.46. The summed E-state index contributed by atoms with van der Waals surface area (Å²) in [4.78, 5) is 44.5. The van der Waals surface area contributed by atoms with Gasteiger partial charge in [-0.25, -0.2) is 9.78 Å². The van der Waals surface area contributed by atoms with Crippen LogP contribution in [0.2, 0.25) is 0 Å². The zero-order chi connectivity index (χ0) is 22.7. The van der Waals surface area contributed by atoms with Gasteiger partial charge >= 0.3 is 5.69 Å². The Kier molecular flexibility index (Phi) is 6.39. The number of pyridine rings is 1. The number of carbonyl (C=O) groups excluding carboxylic acids is 2. The maximum absolute atomic E-state index is 12.9. The summed E-state index contributed by atoms with van der Waals surface area (Å²) in [6.45, 7) is 5.75. The van der Waals surface area contributed by atoms with Crippen LogP contribution in [0.4, 0.5) is 5.82 Å². The molecular formula is C24H29N5O3. The van der Waals surface area contributed by atoms with E-state index in [-0.39, 0.29) is 29.8 Å². The molecule has 1 N–H and O–H groups in total. The van der Waals surface area contributed by atoms with Crippen molar-refractivity contribution in [1.29, 1.82) is 0 Å². The summed E-state index contributed by atoms with van der Waals surface area (Å²) in [5.74, 6) is 0.129. The zero-order valence-electron chi connectivity index (χ0n) is 18.6. The van der Waals surface area contributed by atoms with Crippen molar-refractivity contribution >= 4 is 28.7 Å². The minimum atomic E-state index is -0.264. The van der Waals surface area contributed by atoms with Crippen LogP contribution in [0.15, 0.2) is 47.3 Å². The lowest BCUT2D eigenvalue weighted by Crippen LogP contribution is -2.44. The normalized spacial score (nSPS) is 16.3. The molecule has 3 heterocycles. The van der Waals surface area contributed by atoms with Crippen LogP contribution in [0.25, 0.3) is 11.0 Å². The lowest BCUT2D eigenvalue weighted by Gasteiger charge is -2.32. The number of hydrogen-bond acceptors (Lipinski definition) is 4. The van der Waals surface area contributed by atoms with Crippen LogP contribution in [0, 0.1) is 12.8 Å². The second kappa shape index (κ2) is 9.38. The number of para-hydroxylation sites is 2. The highest BCUT2D eigenvalue weighted by Crippen LogP contribution is 2.20. The molecule has 2 aromatic heterocycles. The standard InChI is InChI=1S/C24H29N5O3/c1-3-28-19-10-4-5-11-20(19)29(24(28)32)15-13-22(30)27-14-7-9-18(16-27)23(31)26-21-12-6-8-17(2)25-21/h4-6,8,10-12,18H,3,7,9,13-16H2,1-2H3,(H,25,26,31). The Morgan fingerprint density at radius 1 is 1.09 bits per heavy atom. The minimum Gasteiger partial charge on any atom is -0.342 e. The third-order valence-corrected chi connectivity index (χ3v) is 6.08. The molecule has 2 amide bonds. The lowest BCUT2D eigenvalue weighted by atomic mass is 9.97. The van der Waals surface area contributed by atoms with Crippen molar-refractivity contribution in [2.45, 2.75) is 46.2 Å². The van der Waals surface area contributed by atoms with Gasteiger partial charge in [-0.1, -0.05) is 18.2 Å². The molecule has 168 valence electrons. The molecule has 3 aromatic rings. The molecule has 1 unspecified atom stereocenters. The second-order valence-corrected chi connectivity index (χ2v) is 8.25. The number of aryl methyl sites for hydroxylation is 3. The highest BCUT2D eigenvalue weighted by molar-refractivity contribution is 5.92. The van der Waals surface area contributed by atoms with Crippen molar-refractivity contribution in [3.63, 3.8) is 0 Å². The number of anilines is 1. The van der Waals surface area contributed by atoms with E-state index in [1.54, 1.807) is 20.1 Å². The Hall–Kier alpha value is -3.42. The summed E-state index contributed by atoms with van der Waals surface area (Å²) in [6.07, 6.45) is 1.75. The maximum Gasteiger partial charge on any atom is 0.329 e. The Bertz CT molecular complexity index is 1200. The van der Waals surface area contributed by atoms with Gasteiger partial charge in [0, 0.05) is 38.3 Å². The molecule has 4 rings (SSSR count). The molecule has 1 saturated heterocycles. The first-order valence-corrected chi connectivity index (χ1v) is 11.2. The van der Waals surface area contributed by atoms with Crippen molar-refractivity contribution in [2.75, 3.05) is 18.4 Å². The highest BCUT2D eigenvalue weighted by Gasteiger charge is 2.28. The van der Waals surface area contributed by atoms with Crippen molar-refractivity contribution < 1.29 is 9.59 Å². The Labute approximate surface area is 186 Å². The van der Waals surface area contributed by atoms with Gasteiger partial charge in [-0.2, -0.15) is 0 Å².